The lowest BCUT2D eigenvalue weighted by Gasteiger charge is -2.10. The van der Waals surface area contributed by atoms with Crippen molar-refractivity contribution in [2.75, 3.05) is 0 Å². The van der Waals surface area contributed by atoms with E-state index in [2.05, 4.69) is 0 Å². The highest BCUT2D eigenvalue weighted by molar-refractivity contribution is 6.66. The average Bonchev–Trinajstić information content (AvgIpc) is 2.15. The van der Waals surface area contributed by atoms with Crippen LogP contribution in [0, 0.1) is 0 Å². The zero-order valence-corrected chi connectivity index (χ0v) is 9.83. The Morgan fingerprint density at radius 3 is 2.07 bits per heavy atom. The number of hydrogen-bond donors (Lipinski definition) is 0. The fourth-order valence-electron chi connectivity index (χ4n) is 1.05. The van der Waals surface area contributed by atoms with Crippen LogP contribution in [0.5, 0.6) is 0 Å². The fourth-order valence-corrected chi connectivity index (χ4v) is 1.43. The van der Waals surface area contributed by atoms with E-state index in [0.717, 1.165) is 0 Å². The number of halogens is 3. The van der Waals surface area contributed by atoms with E-state index in [-0.39, 0.29) is 5.78 Å². The minimum atomic E-state index is -1.42. The van der Waals surface area contributed by atoms with Gasteiger partial charge in [-0.25, -0.2) is 0 Å². The van der Waals surface area contributed by atoms with Crippen LogP contribution in [0.1, 0.15) is 29.3 Å². The molecule has 0 amide bonds. The third-order valence-electron chi connectivity index (χ3n) is 1.86. The molecule has 0 aliphatic carbocycles. The summed E-state index contributed by atoms with van der Waals surface area (Å²) in [5.74, 6) is 0.0841. The Hall–Kier alpha value is -0.240. The minimum absolute atomic E-state index is 0.0841. The predicted octanol–water partition coefficient (Wildman–Crippen LogP) is 4.11. The van der Waals surface area contributed by atoms with Crippen molar-refractivity contribution in [3.8, 4) is 0 Å². The van der Waals surface area contributed by atoms with Crippen molar-refractivity contribution >= 4 is 40.6 Å². The quantitative estimate of drug-likeness (QED) is 0.571. The molecule has 0 heterocycles. The van der Waals surface area contributed by atoms with Crippen LogP contribution in [0.15, 0.2) is 24.3 Å². The number of alkyl halides is 3. The topological polar surface area (TPSA) is 17.1 Å². The average molecular weight is 252 g/mol. The smallest absolute Gasteiger partial charge is 0.216 e. The molecule has 76 valence electrons. The summed E-state index contributed by atoms with van der Waals surface area (Å²) in [5.41, 5.74) is 1.21. The van der Waals surface area contributed by atoms with E-state index in [1.165, 1.54) is 0 Å². The van der Waals surface area contributed by atoms with E-state index >= 15 is 0 Å². The van der Waals surface area contributed by atoms with Crippen molar-refractivity contribution in [1.29, 1.82) is 0 Å². The van der Waals surface area contributed by atoms with E-state index < -0.39 is 3.79 Å². The summed E-state index contributed by atoms with van der Waals surface area (Å²) in [6.45, 7) is 1.81. The molecular weight excluding hydrogens is 242 g/mol. The Morgan fingerprint density at radius 1 is 1.21 bits per heavy atom. The first kappa shape index (κ1) is 11.8. The van der Waals surface area contributed by atoms with Crippen LogP contribution in [-0.2, 0) is 3.79 Å². The van der Waals surface area contributed by atoms with Crippen molar-refractivity contribution in [3.63, 3.8) is 0 Å². The Kier molecular flexibility index (Phi) is 3.82. The molecule has 0 radical (unpaired) electrons. The molecule has 1 aromatic carbocycles. The van der Waals surface area contributed by atoms with Gasteiger partial charge in [0.2, 0.25) is 3.79 Å². The number of ketones is 1. The third kappa shape index (κ3) is 2.88. The molecule has 4 heteroatoms. The van der Waals surface area contributed by atoms with Gasteiger partial charge in [-0.2, -0.15) is 0 Å². The monoisotopic (exact) mass is 250 g/mol. The van der Waals surface area contributed by atoms with Gasteiger partial charge in [-0.1, -0.05) is 66.0 Å². The van der Waals surface area contributed by atoms with E-state index in [9.17, 15) is 4.79 Å². The van der Waals surface area contributed by atoms with E-state index in [1.54, 1.807) is 24.3 Å². The first-order valence-corrected chi connectivity index (χ1v) is 5.29. The molecule has 14 heavy (non-hydrogen) atoms. The standard InChI is InChI=1S/C10H9Cl3O/c1-2-9(14)7-3-5-8(6-4-7)10(11,12)13/h3-6H,2H2,1H3. The normalized spacial score (nSPS) is 11.4. The number of rotatable bonds is 2. The van der Waals surface area contributed by atoms with Crippen LogP contribution in [0.2, 0.25) is 0 Å². The van der Waals surface area contributed by atoms with Gasteiger partial charge in [0.05, 0.1) is 0 Å². The van der Waals surface area contributed by atoms with Gasteiger partial charge in [0, 0.05) is 17.5 Å². The zero-order valence-electron chi connectivity index (χ0n) is 7.56. The van der Waals surface area contributed by atoms with Crippen LogP contribution in [0.4, 0.5) is 0 Å². The fraction of sp³-hybridized carbons (Fsp3) is 0.300. The van der Waals surface area contributed by atoms with E-state index in [1.807, 2.05) is 6.92 Å². The van der Waals surface area contributed by atoms with Gasteiger partial charge in [-0.05, 0) is 0 Å². The van der Waals surface area contributed by atoms with Gasteiger partial charge < -0.3 is 0 Å². The maximum Gasteiger partial charge on any atom is 0.216 e. The second-order valence-electron chi connectivity index (χ2n) is 2.85. The Labute approximate surface area is 98.0 Å². The summed E-state index contributed by atoms with van der Waals surface area (Å²) in [4.78, 5) is 11.3. The van der Waals surface area contributed by atoms with Crippen LogP contribution < -0.4 is 0 Å². The Morgan fingerprint density at radius 2 is 1.71 bits per heavy atom. The van der Waals surface area contributed by atoms with Gasteiger partial charge >= 0.3 is 0 Å². The number of Topliss-reactive ketones (excluding diaryl/α,β-unsaturated/α-hetero) is 1. The molecule has 1 rings (SSSR count). The molecule has 0 unspecified atom stereocenters. The SMILES string of the molecule is CCC(=O)c1ccc(C(Cl)(Cl)Cl)cc1. The van der Waals surface area contributed by atoms with Gasteiger partial charge in [-0.3, -0.25) is 4.79 Å². The molecule has 0 aliphatic rings. The minimum Gasteiger partial charge on any atom is -0.294 e. The zero-order chi connectivity index (χ0) is 10.8. The van der Waals surface area contributed by atoms with Crippen molar-refractivity contribution in [2.45, 2.75) is 17.1 Å². The molecule has 0 aliphatic heterocycles. The second-order valence-corrected chi connectivity index (χ2v) is 5.13. The molecule has 0 atom stereocenters. The summed E-state index contributed by atoms with van der Waals surface area (Å²) < 4.78 is -1.42. The molecule has 0 saturated heterocycles. The highest BCUT2D eigenvalue weighted by Gasteiger charge is 2.22. The van der Waals surface area contributed by atoms with Crippen LogP contribution in [0.25, 0.3) is 0 Å². The maximum atomic E-state index is 11.3. The molecule has 0 fully saturated rings. The molecule has 0 spiro atoms. The van der Waals surface area contributed by atoms with Crippen LogP contribution in [-0.4, -0.2) is 5.78 Å². The first-order valence-electron chi connectivity index (χ1n) is 4.15. The first-order chi connectivity index (χ1) is 6.45. The van der Waals surface area contributed by atoms with Crippen molar-refractivity contribution in [2.24, 2.45) is 0 Å². The van der Waals surface area contributed by atoms with Crippen LogP contribution in [0.3, 0.4) is 0 Å². The van der Waals surface area contributed by atoms with E-state index in [0.29, 0.717) is 17.5 Å². The van der Waals surface area contributed by atoms with Gasteiger partial charge in [0.25, 0.3) is 0 Å². The molecular formula is C10H9Cl3O. The molecule has 1 nitrogen and oxygen atoms in total. The summed E-state index contributed by atoms with van der Waals surface area (Å²) in [7, 11) is 0. The largest absolute Gasteiger partial charge is 0.294 e. The lowest BCUT2D eigenvalue weighted by Crippen LogP contribution is -2.02. The number of carbonyl (C=O) groups is 1. The number of benzene rings is 1. The maximum absolute atomic E-state index is 11.3. The second kappa shape index (κ2) is 4.52. The number of hydrogen-bond acceptors (Lipinski definition) is 1. The lowest BCUT2D eigenvalue weighted by atomic mass is 10.1. The lowest BCUT2D eigenvalue weighted by molar-refractivity contribution is 0.0988. The van der Waals surface area contributed by atoms with Gasteiger partial charge in [0.15, 0.2) is 5.78 Å². The van der Waals surface area contributed by atoms with Gasteiger partial charge in [-0.15, -0.1) is 0 Å². The molecule has 1 aromatic rings. The molecule has 0 N–H and O–H groups in total. The highest BCUT2D eigenvalue weighted by Crippen LogP contribution is 2.37. The summed E-state index contributed by atoms with van der Waals surface area (Å²) in [6, 6.07) is 6.64. The van der Waals surface area contributed by atoms with E-state index in [4.69, 9.17) is 34.8 Å². The molecule has 0 bridgehead atoms. The van der Waals surface area contributed by atoms with Gasteiger partial charge in [0.1, 0.15) is 0 Å². The van der Waals surface area contributed by atoms with Crippen molar-refractivity contribution < 1.29 is 4.79 Å². The highest BCUT2D eigenvalue weighted by atomic mass is 35.6. The third-order valence-corrected chi connectivity index (χ3v) is 2.51. The Balaban J connectivity index is 2.95. The summed E-state index contributed by atoms with van der Waals surface area (Å²) in [6.07, 6.45) is 0.479. The van der Waals surface area contributed by atoms with Crippen molar-refractivity contribution in [1.82, 2.24) is 0 Å². The number of carbonyl (C=O) groups excluding carboxylic acids is 1. The summed E-state index contributed by atoms with van der Waals surface area (Å²) >= 11 is 17.0. The predicted molar refractivity (Wildman–Crippen MR) is 60.3 cm³/mol. The van der Waals surface area contributed by atoms with Crippen molar-refractivity contribution in [3.05, 3.63) is 35.4 Å². The molecule has 0 saturated carbocycles. The summed E-state index contributed by atoms with van der Waals surface area (Å²) in [5, 5.41) is 0. The van der Waals surface area contributed by atoms with Crippen LogP contribution >= 0.6 is 34.8 Å². The molecule has 0 aromatic heterocycles. The Bertz CT molecular complexity index is 324.